The summed E-state index contributed by atoms with van der Waals surface area (Å²) in [6.07, 6.45) is 1.97. The molecule has 0 bridgehead atoms. The Labute approximate surface area is 249 Å². The number of aromatic carboxylic acids is 1. The van der Waals surface area contributed by atoms with Crippen LogP contribution in [-0.4, -0.2) is 30.6 Å². The van der Waals surface area contributed by atoms with E-state index in [1.165, 1.54) is 5.56 Å². The van der Waals surface area contributed by atoms with Gasteiger partial charge in [0.25, 0.3) is 0 Å². The predicted octanol–water partition coefficient (Wildman–Crippen LogP) is 8.90. The third-order valence-corrected chi connectivity index (χ3v) is 7.89. The summed E-state index contributed by atoms with van der Waals surface area (Å²) in [4.78, 5) is 25.6. The summed E-state index contributed by atoms with van der Waals surface area (Å²) in [5, 5.41) is 11.1. The molecule has 0 aliphatic heterocycles. The summed E-state index contributed by atoms with van der Waals surface area (Å²) >= 11 is 0. The molecule has 0 radical (unpaired) electrons. The van der Waals surface area contributed by atoms with Gasteiger partial charge >= 0.3 is 5.97 Å². The Balaban J connectivity index is 1.55. The van der Waals surface area contributed by atoms with Gasteiger partial charge in [-0.25, -0.2) is 14.8 Å². The Kier molecular flexibility index (Phi) is 6.20. The fourth-order valence-corrected chi connectivity index (χ4v) is 5.68. The molecule has 210 valence electrons. The minimum atomic E-state index is -1.07. The number of H-pyrrole nitrogens is 1. The molecular formula is C37H30N4O2. The molecule has 0 aliphatic carbocycles. The molecule has 0 saturated heterocycles. The van der Waals surface area contributed by atoms with E-state index in [1.54, 1.807) is 6.07 Å². The summed E-state index contributed by atoms with van der Waals surface area (Å²) in [5.41, 5.74) is 8.81. The van der Waals surface area contributed by atoms with Gasteiger partial charge in [0.1, 0.15) is 11.5 Å². The number of pyridine rings is 1. The van der Waals surface area contributed by atoms with Crippen LogP contribution in [0.3, 0.4) is 0 Å². The van der Waals surface area contributed by atoms with Crippen LogP contribution in [0.5, 0.6) is 0 Å². The second-order valence-corrected chi connectivity index (χ2v) is 11.8. The monoisotopic (exact) mass is 562 g/mol. The van der Waals surface area contributed by atoms with Crippen molar-refractivity contribution in [3.8, 4) is 39.5 Å². The van der Waals surface area contributed by atoms with Crippen LogP contribution in [0, 0.1) is 0 Å². The zero-order chi connectivity index (χ0) is 29.7. The summed E-state index contributed by atoms with van der Waals surface area (Å²) in [6.45, 7) is 6.65. The fourth-order valence-electron chi connectivity index (χ4n) is 5.68. The number of carboxylic acids is 1. The molecule has 2 N–H and O–H groups in total. The minimum Gasteiger partial charge on any atom is -0.477 e. The van der Waals surface area contributed by atoms with Crippen LogP contribution < -0.4 is 0 Å². The number of hydrogen-bond acceptors (Lipinski definition) is 3. The lowest BCUT2D eigenvalue weighted by atomic mass is 9.85. The van der Waals surface area contributed by atoms with Crippen LogP contribution in [0.15, 0.2) is 115 Å². The molecule has 0 fully saturated rings. The third-order valence-electron chi connectivity index (χ3n) is 7.89. The van der Waals surface area contributed by atoms with Crippen LogP contribution in [0.1, 0.15) is 36.8 Å². The minimum absolute atomic E-state index is 0.0120. The Bertz CT molecular complexity index is 2140. The van der Waals surface area contributed by atoms with Crippen molar-refractivity contribution in [2.45, 2.75) is 26.2 Å². The number of benzene rings is 4. The van der Waals surface area contributed by atoms with Crippen molar-refractivity contribution < 1.29 is 9.90 Å². The lowest BCUT2D eigenvalue weighted by Crippen LogP contribution is -2.11. The highest BCUT2D eigenvalue weighted by molar-refractivity contribution is 6.00. The molecule has 3 heterocycles. The van der Waals surface area contributed by atoms with E-state index in [2.05, 4.69) is 71.7 Å². The number of para-hydroxylation sites is 2. The van der Waals surface area contributed by atoms with Gasteiger partial charge < -0.3 is 10.1 Å². The van der Waals surface area contributed by atoms with Crippen molar-refractivity contribution in [3.63, 3.8) is 0 Å². The number of carboxylic acid groups (broad SMARTS) is 1. The van der Waals surface area contributed by atoms with E-state index in [4.69, 9.17) is 4.98 Å². The van der Waals surface area contributed by atoms with Gasteiger partial charge in [-0.15, -0.1) is 0 Å². The Morgan fingerprint density at radius 2 is 1.51 bits per heavy atom. The molecule has 3 aromatic heterocycles. The first-order chi connectivity index (χ1) is 20.8. The molecule has 7 aromatic rings. The Morgan fingerprint density at radius 3 is 2.23 bits per heavy atom. The van der Waals surface area contributed by atoms with E-state index in [1.807, 2.05) is 72.9 Å². The third kappa shape index (κ3) is 4.67. The SMILES string of the molecule is CC(C)(C)c1cc(-c2nc3c(-c4cc(-c5ccccc5)cc(C(=O)O)n4)cccc3n2-c2ccccc2)c2[nH]ccc2c1. The number of aromatic nitrogens is 4. The standard InChI is InChI=1S/C37H30N4O2/c1-37(2,3)26-19-24-17-18-38-33(24)29(22-26)35-40-34-28(15-10-16-32(34)41(35)27-13-8-5-9-14-27)30-20-25(21-31(39-30)36(42)43)23-11-6-4-7-12-23/h4-22,38H,1-3H3,(H,42,43). The number of carbonyl (C=O) groups is 1. The molecule has 0 spiro atoms. The molecule has 0 aliphatic rings. The normalized spacial score (nSPS) is 11.8. The molecule has 0 amide bonds. The molecular weight excluding hydrogens is 532 g/mol. The van der Waals surface area contributed by atoms with Gasteiger partial charge in [-0.05, 0) is 70.6 Å². The van der Waals surface area contributed by atoms with Crippen LogP contribution >= 0.6 is 0 Å². The molecule has 0 atom stereocenters. The van der Waals surface area contributed by atoms with Crippen molar-refractivity contribution in [2.75, 3.05) is 0 Å². The highest BCUT2D eigenvalue weighted by Crippen LogP contribution is 2.39. The van der Waals surface area contributed by atoms with E-state index in [-0.39, 0.29) is 11.1 Å². The summed E-state index contributed by atoms with van der Waals surface area (Å²) in [5.74, 6) is -0.278. The number of imidazole rings is 1. The number of hydrogen-bond donors (Lipinski definition) is 2. The number of nitrogens with one attached hydrogen (secondary N) is 1. The first-order valence-electron chi connectivity index (χ1n) is 14.3. The van der Waals surface area contributed by atoms with Gasteiger partial charge in [-0.2, -0.15) is 0 Å². The number of nitrogens with zero attached hydrogens (tertiary/aromatic N) is 3. The maximum atomic E-state index is 12.2. The van der Waals surface area contributed by atoms with Crippen LogP contribution in [-0.2, 0) is 5.41 Å². The van der Waals surface area contributed by atoms with E-state index >= 15 is 0 Å². The maximum absolute atomic E-state index is 12.2. The van der Waals surface area contributed by atoms with Crippen molar-refractivity contribution >= 4 is 27.9 Å². The zero-order valence-corrected chi connectivity index (χ0v) is 24.2. The molecule has 43 heavy (non-hydrogen) atoms. The van der Waals surface area contributed by atoms with Crippen molar-refractivity contribution in [1.29, 1.82) is 0 Å². The fraction of sp³-hybridized carbons (Fsp3) is 0.108. The van der Waals surface area contributed by atoms with E-state index in [9.17, 15) is 9.90 Å². The topological polar surface area (TPSA) is 83.8 Å². The maximum Gasteiger partial charge on any atom is 0.354 e. The summed E-state index contributed by atoms with van der Waals surface area (Å²) < 4.78 is 2.18. The van der Waals surface area contributed by atoms with E-state index in [0.717, 1.165) is 55.7 Å². The largest absolute Gasteiger partial charge is 0.477 e. The van der Waals surface area contributed by atoms with E-state index in [0.29, 0.717) is 5.69 Å². The van der Waals surface area contributed by atoms with Gasteiger partial charge in [-0.1, -0.05) is 81.4 Å². The average molecular weight is 563 g/mol. The molecule has 0 saturated carbocycles. The lowest BCUT2D eigenvalue weighted by Gasteiger charge is -2.21. The van der Waals surface area contributed by atoms with Crippen LogP contribution in [0.25, 0.3) is 61.4 Å². The molecule has 0 unspecified atom stereocenters. The second kappa shape index (κ2) is 10.1. The Morgan fingerprint density at radius 1 is 0.767 bits per heavy atom. The van der Waals surface area contributed by atoms with Gasteiger partial charge in [0.05, 0.1) is 22.2 Å². The van der Waals surface area contributed by atoms with Crippen molar-refractivity contribution in [1.82, 2.24) is 19.5 Å². The van der Waals surface area contributed by atoms with Gasteiger partial charge in [0, 0.05) is 28.4 Å². The molecule has 7 rings (SSSR count). The Hall–Kier alpha value is -5.49. The van der Waals surface area contributed by atoms with Crippen LogP contribution in [0.2, 0.25) is 0 Å². The highest BCUT2D eigenvalue weighted by Gasteiger charge is 2.23. The molecule has 6 heteroatoms. The zero-order valence-electron chi connectivity index (χ0n) is 24.2. The molecule has 6 nitrogen and oxygen atoms in total. The summed E-state index contributed by atoms with van der Waals surface area (Å²) in [6, 6.07) is 36.1. The number of rotatable bonds is 5. The first kappa shape index (κ1) is 26.4. The second-order valence-electron chi connectivity index (χ2n) is 11.8. The molecule has 4 aromatic carbocycles. The van der Waals surface area contributed by atoms with E-state index < -0.39 is 5.97 Å². The predicted molar refractivity (Wildman–Crippen MR) is 173 cm³/mol. The smallest absolute Gasteiger partial charge is 0.354 e. The van der Waals surface area contributed by atoms with Gasteiger partial charge in [0.15, 0.2) is 0 Å². The highest BCUT2D eigenvalue weighted by atomic mass is 16.4. The van der Waals surface area contributed by atoms with Crippen molar-refractivity contribution in [3.05, 3.63) is 127 Å². The van der Waals surface area contributed by atoms with Crippen molar-refractivity contribution in [2.24, 2.45) is 0 Å². The quantitative estimate of drug-likeness (QED) is 0.219. The van der Waals surface area contributed by atoms with Gasteiger partial charge in [-0.3, -0.25) is 4.57 Å². The average Bonchev–Trinajstić information content (AvgIpc) is 3.66. The van der Waals surface area contributed by atoms with Crippen LogP contribution in [0.4, 0.5) is 0 Å². The summed E-state index contributed by atoms with van der Waals surface area (Å²) in [7, 11) is 0. The first-order valence-corrected chi connectivity index (χ1v) is 14.3. The number of aromatic amines is 1. The lowest BCUT2D eigenvalue weighted by molar-refractivity contribution is 0.0690. The van der Waals surface area contributed by atoms with Gasteiger partial charge in [0.2, 0.25) is 0 Å². The number of fused-ring (bicyclic) bond motifs is 2.